The van der Waals surface area contributed by atoms with Crippen LogP contribution in [0.4, 0.5) is 0 Å². The molecule has 0 saturated heterocycles. The first-order valence-electron chi connectivity index (χ1n) is 7.87. The number of nitrogens with zero attached hydrogens (tertiary/aromatic N) is 2. The van der Waals surface area contributed by atoms with E-state index in [0.717, 1.165) is 33.3 Å². The molecular formula is C19H20N2OS. The summed E-state index contributed by atoms with van der Waals surface area (Å²) in [5.41, 5.74) is 3.58. The van der Waals surface area contributed by atoms with Crippen LogP contribution in [0, 0.1) is 0 Å². The molecule has 1 aromatic heterocycles. The third kappa shape index (κ3) is 3.77. The maximum atomic E-state index is 5.19. The molecule has 118 valence electrons. The number of benzene rings is 2. The van der Waals surface area contributed by atoms with Gasteiger partial charge in [-0.2, -0.15) is 0 Å². The fourth-order valence-electron chi connectivity index (χ4n) is 2.39. The van der Waals surface area contributed by atoms with Gasteiger partial charge >= 0.3 is 0 Å². The summed E-state index contributed by atoms with van der Waals surface area (Å²) in [6.07, 6.45) is 3.60. The number of aryl methyl sites for hydroxylation is 1. The van der Waals surface area contributed by atoms with E-state index in [1.165, 1.54) is 18.4 Å². The van der Waals surface area contributed by atoms with E-state index in [4.69, 9.17) is 4.74 Å². The van der Waals surface area contributed by atoms with Gasteiger partial charge in [0.25, 0.3) is 0 Å². The van der Waals surface area contributed by atoms with Crippen molar-refractivity contribution >= 4 is 11.3 Å². The largest absolute Gasteiger partial charge is 0.497 e. The third-order valence-corrected chi connectivity index (χ3v) is 4.80. The molecule has 4 heteroatoms. The van der Waals surface area contributed by atoms with Crippen LogP contribution in [0.15, 0.2) is 48.5 Å². The quantitative estimate of drug-likeness (QED) is 0.623. The number of aromatic nitrogens is 2. The van der Waals surface area contributed by atoms with Gasteiger partial charge in [-0.1, -0.05) is 48.9 Å². The summed E-state index contributed by atoms with van der Waals surface area (Å²) in [5.74, 6) is 0.848. The molecule has 0 atom stereocenters. The summed E-state index contributed by atoms with van der Waals surface area (Å²) >= 11 is 1.61. The van der Waals surface area contributed by atoms with E-state index in [2.05, 4.69) is 41.4 Å². The van der Waals surface area contributed by atoms with Gasteiger partial charge in [0.05, 0.1) is 7.11 Å². The van der Waals surface area contributed by atoms with E-state index in [9.17, 15) is 0 Å². The van der Waals surface area contributed by atoms with Crippen LogP contribution in [0.3, 0.4) is 0 Å². The van der Waals surface area contributed by atoms with Gasteiger partial charge < -0.3 is 4.74 Å². The molecular weight excluding hydrogens is 304 g/mol. The summed E-state index contributed by atoms with van der Waals surface area (Å²) in [7, 11) is 1.67. The van der Waals surface area contributed by atoms with Crippen molar-refractivity contribution in [2.75, 3.05) is 7.11 Å². The van der Waals surface area contributed by atoms with Gasteiger partial charge in [0.2, 0.25) is 0 Å². The highest BCUT2D eigenvalue weighted by Crippen LogP contribution is 2.30. The normalized spacial score (nSPS) is 10.7. The lowest BCUT2D eigenvalue weighted by Crippen LogP contribution is -1.84. The fraction of sp³-hybridized carbons (Fsp3) is 0.263. The van der Waals surface area contributed by atoms with Crippen LogP contribution in [0.5, 0.6) is 5.75 Å². The molecule has 3 aromatic rings. The Morgan fingerprint density at radius 1 is 0.870 bits per heavy atom. The summed E-state index contributed by atoms with van der Waals surface area (Å²) in [6.45, 7) is 2.22. The summed E-state index contributed by atoms with van der Waals surface area (Å²) in [4.78, 5) is 0. The van der Waals surface area contributed by atoms with Crippen molar-refractivity contribution in [3.8, 4) is 26.9 Å². The highest BCUT2D eigenvalue weighted by atomic mass is 32.1. The highest BCUT2D eigenvalue weighted by Gasteiger charge is 2.09. The molecule has 3 rings (SSSR count). The Labute approximate surface area is 141 Å². The van der Waals surface area contributed by atoms with Crippen molar-refractivity contribution in [1.82, 2.24) is 10.2 Å². The molecule has 0 radical (unpaired) electrons. The molecule has 0 aliphatic carbocycles. The Bertz CT molecular complexity index is 748. The van der Waals surface area contributed by atoms with Crippen LogP contribution >= 0.6 is 11.3 Å². The van der Waals surface area contributed by atoms with Crippen molar-refractivity contribution in [2.45, 2.75) is 26.2 Å². The zero-order valence-corrected chi connectivity index (χ0v) is 14.3. The molecule has 0 spiro atoms. The van der Waals surface area contributed by atoms with Crippen molar-refractivity contribution in [1.29, 1.82) is 0 Å². The monoisotopic (exact) mass is 324 g/mol. The molecule has 0 unspecified atom stereocenters. The molecule has 0 N–H and O–H groups in total. The minimum absolute atomic E-state index is 0.848. The third-order valence-electron chi connectivity index (χ3n) is 3.78. The number of ether oxygens (including phenoxy) is 1. The van der Waals surface area contributed by atoms with Crippen molar-refractivity contribution in [3.63, 3.8) is 0 Å². The minimum atomic E-state index is 0.848. The average Bonchev–Trinajstić information content (AvgIpc) is 3.10. The van der Waals surface area contributed by atoms with Crippen LogP contribution < -0.4 is 4.74 Å². The molecule has 0 aliphatic heterocycles. The van der Waals surface area contributed by atoms with Crippen LogP contribution in [0.25, 0.3) is 21.1 Å². The lowest BCUT2D eigenvalue weighted by molar-refractivity contribution is 0.415. The zero-order valence-electron chi connectivity index (χ0n) is 13.5. The second kappa shape index (κ2) is 7.38. The molecule has 1 heterocycles. The van der Waals surface area contributed by atoms with Gasteiger partial charge in [0.1, 0.15) is 15.8 Å². The van der Waals surface area contributed by atoms with Crippen molar-refractivity contribution in [3.05, 3.63) is 54.1 Å². The van der Waals surface area contributed by atoms with E-state index < -0.39 is 0 Å². The summed E-state index contributed by atoms with van der Waals surface area (Å²) in [5, 5.41) is 10.5. The lowest BCUT2D eigenvalue weighted by atomic mass is 10.1. The topological polar surface area (TPSA) is 35.0 Å². The van der Waals surface area contributed by atoms with Crippen LogP contribution in [0.2, 0.25) is 0 Å². The highest BCUT2D eigenvalue weighted by molar-refractivity contribution is 7.17. The first-order valence-corrected chi connectivity index (χ1v) is 8.69. The molecule has 3 nitrogen and oxygen atoms in total. The van der Waals surface area contributed by atoms with Gasteiger partial charge in [0.15, 0.2) is 0 Å². The first-order chi connectivity index (χ1) is 11.3. The van der Waals surface area contributed by atoms with Crippen molar-refractivity contribution in [2.24, 2.45) is 0 Å². The Morgan fingerprint density at radius 2 is 1.43 bits per heavy atom. The van der Waals surface area contributed by atoms with E-state index in [0.29, 0.717) is 0 Å². The maximum absolute atomic E-state index is 5.19. The first kappa shape index (κ1) is 15.7. The molecule has 0 aliphatic rings. The lowest BCUT2D eigenvalue weighted by Gasteiger charge is -2.01. The SMILES string of the molecule is CCCCc1ccc(-c2nnc(-c3ccc(OC)cc3)s2)cc1. The fourth-order valence-corrected chi connectivity index (χ4v) is 3.24. The molecule has 0 fully saturated rings. The predicted octanol–water partition coefficient (Wildman–Crippen LogP) is 5.22. The maximum Gasteiger partial charge on any atom is 0.148 e. The Kier molecular flexibility index (Phi) is 5.03. The zero-order chi connectivity index (χ0) is 16.1. The van der Waals surface area contributed by atoms with Gasteiger partial charge in [0, 0.05) is 11.1 Å². The Hall–Kier alpha value is -2.20. The molecule has 0 saturated carbocycles. The Morgan fingerprint density at radius 3 is 1.96 bits per heavy atom. The molecule has 23 heavy (non-hydrogen) atoms. The number of methoxy groups -OCH3 is 1. The van der Waals surface area contributed by atoms with Gasteiger partial charge in [-0.15, -0.1) is 10.2 Å². The number of unbranched alkanes of at least 4 members (excludes halogenated alkanes) is 1. The van der Waals surface area contributed by atoms with Crippen LogP contribution in [-0.4, -0.2) is 17.3 Å². The van der Waals surface area contributed by atoms with Gasteiger partial charge in [-0.3, -0.25) is 0 Å². The summed E-state index contributed by atoms with van der Waals surface area (Å²) in [6, 6.07) is 16.6. The smallest absolute Gasteiger partial charge is 0.148 e. The van der Waals surface area contributed by atoms with Gasteiger partial charge in [-0.25, -0.2) is 0 Å². The number of hydrogen-bond donors (Lipinski definition) is 0. The summed E-state index contributed by atoms with van der Waals surface area (Å²) < 4.78 is 5.19. The second-order valence-corrected chi connectivity index (χ2v) is 6.42. The number of hydrogen-bond acceptors (Lipinski definition) is 4. The molecule has 2 aromatic carbocycles. The average molecular weight is 324 g/mol. The standard InChI is InChI=1S/C19H20N2OS/c1-3-4-5-14-6-8-15(9-7-14)18-20-21-19(23-18)16-10-12-17(22-2)13-11-16/h6-13H,3-5H2,1-2H3. The Balaban J connectivity index is 1.78. The van der Waals surface area contributed by atoms with Crippen LogP contribution in [0.1, 0.15) is 25.3 Å². The van der Waals surface area contributed by atoms with E-state index in [1.807, 2.05) is 24.3 Å². The van der Waals surface area contributed by atoms with Gasteiger partial charge in [-0.05, 0) is 42.7 Å². The van der Waals surface area contributed by atoms with Crippen molar-refractivity contribution < 1.29 is 4.74 Å². The van der Waals surface area contributed by atoms with E-state index in [-0.39, 0.29) is 0 Å². The van der Waals surface area contributed by atoms with E-state index >= 15 is 0 Å². The van der Waals surface area contributed by atoms with E-state index in [1.54, 1.807) is 18.4 Å². The molecule has 0 amide bonds. The van der Waals surface area contributed by atoms with Crippen LogP contribution in [-0.2, 0) is 6.42 Å². The molecule has 0 bridgehead atoms. The second-order valence-electron chi connectivity index (χ2n) is 5.44. The number of rotatable bonds is 6. The predicted molar refractivity (Wildman–Crippen MR) is 95.9 cm³/mol. The minimum Gasteiger partial charge on any atom is -0.497 e.